The van der Waals surface area contributed by atoms with Gasteiger partial charge in [0.15, 0.2) is 0 Å². The fourth-order valence-corrected chi connectivity index (χ4v) is 5.02. The highest BCUT2D eigenvalue weighted by Gasteiger charge is 2.23. The molecule has 0 radical (unpaired) electrons. The van der Waals surface area contributed by atoms with Crippen LogP contribution >= 0.6 is 0 Å². The third-order valence-corrected chi connectivity index (χ3v) is 6.75. The van der Waals surface area contributed by atoms with Crippen LogP contribution in [0.1, 0.15) is 5.56 Å². The molecule has 3 rings (SSSR count). The summed E-state index contributed by atoms with van der Waals surface area (Å²) in [7, 11) is -4.77. The number of benzene rings is 2. The molecular formula is C21H29N3O7S2. The molecule has 182 valence electrons. The van der Waals surface area contributed by atoms with Crippen LogP contribution in [0, 0.1) is 0 Å². The molecule has 2 aromatic carbocycles. The Hall–Kier alpha value is -2.54. The highest BCUT2D eigenvalue weighted by Crippen LogP contribution is 2.31. The van der Waals surface area contributed by atoms with E-state index in [1.165, 1.54) is 0 Å². The Labute approximate surface area is 194 Å². The van der Waals surface area contributed by atoms with Crippen LogP contribution in [0.25, 0.3) is 0 Å². The van der Waals surface area contributed by atoms with E-state index in [2.05, 4.69) is 9.44 Å². The van der Waals surface area contributed by atoms with Gasteiger partial charge in [-0.2, -0.15) is 0 Å². The van der Waals surface area contributed by atoms with Crippen LogP contribution in [0.2, 0.25) is 0 Å². The van der Waals surface area contributed by atoms with E-state index < -0.39 is 26.2 Å². The summed E-state index contributed by atoms with van der Waals surface area (Å²) in [6.45, 7) is 1.38. The van der Waals surface area contributed by atoms with Gasteiger partial charge in [0.25, 0.3) is 0 Å². The predicted octanol–water partition coefficient (Wildman–Crippen LogP) is 1.11. The molecule has 12 heteroatoms. The minimum absolute atomic E-state index is 0.00259. The van der Waals surface area contributed by atoms with Crippen molar-refractivity contribution in [1.82, 2.24) is 4.90 Å². The minimum atomic E-state index is -3.32. The number of nitrogens with one attached hydrogen (secondary N) is 2. The van der Waals surface area contributed by atoms with Crippen molar-refractivity contribution < 1.29 is 31.4 Å². The van der Waals surface area contributed by atoms with E-state index in [0.717, 1.165) is 11.8 Å². The fourth-order valence-electron chi connectivity index (χ4n) is 3.35. The highest BCUT2D eigenvalue weighted by molar-refractivity contribution is 7.92. The molecule has 3 N–H and O–H groups in total. The zero-order valence-corrected chi connectivity index (χ0v) is 20.2. The largest absolute Gasteiger partial charge is 0.492 e. The maximum atomic E-state index is 11.7. The zero-order valence-electron chi connectivity index (χ0n) is 18.5. The Morgan fingerprint density at radius 3 is 2.61 bits per heavy atom. The molecule has 0 saturated carbocycles. The smallest absolute Gasteiger partial charge is 0.233 e. The standard InChI is InChI=1S/C21H29N3O7S2/c1-24(11-12-30-18-8-6-16(7-9-18)22-32(2,26)27)14-17(25)15-31-21-5-3-4-20-19(21)10-13-33(28,29)23-20/h3-9,17,22-23,25H,10-15H2,1-2H3. The lowest BCUT2D eigenvalue weighted by Gasteiger charge is -2.23. The van der Waals surface area contributed by atoms with Crippen molar-refractivity contribution in [3.8, 4) is 11.5 Å². The van der Waals surface area contributed by atoms with Crippen molar-refractivity contribution in [2.24, 2.45) is 0 Å². The molecule has 0 bridgehead atoms. The third-order valence-electron chi connectivity index (χ3n) is 4.87. The van der Waals surface area contributed by atoms with Gasteiger partial charge in [-0.3, -0.25) is 9.44 Å². The topological polar surface area (TPSA) is 134 Å². The van der Waals surface area contributed by atoms with Gasteiger partial charge in [0.2, 0.25) is 20.0 Å². The number of sulfonamides is 2. The average molecular weight is 500 g/mol. The molecule has 0 amide bonds. The average Bonchev–Trinajstić information content (AvgIpc) is 2.71. The molecule has 2 aromatic rings. The number of ether oxygens (including phenoxy) is 2. The third kappa shape index (κ3) is 8.07. The second-order valence-corrected chi connectivity index (χ2v) is 11.5. The van der Waals surface area contributed by atoms with Crippen LogP contribution in [0.3, 0.4) is 0 Å². The Morgan fingerprint density at radius 2 is 1.91 bits per heavy atom. The summed E-state index contributed by atoms with van der Waals surface area (Å²) in [6.07, 6.45) is 0.705. The number of hydrogen-bond donors (Lipinski definition) is 3. The van der Waals surface area contributed by atoms with Crippen LogP contribution in [-0.4, -0.2) is 78.3 Å². The van der Waals surface area contributed by atoms with Crippen LogP contribution in [0.4, 0.5) is 11.4 Å². The fraction of sp³-hybridized carbons (Fsp3) is 0.429. The molecule has 1 aliphatic rings. The first-order valence-corrected chi connectivity index (χ1v) is 13.9. The summed E-state index contributed by atoms with van der Waals surface area (Å²) in [5.74, 6) is 1.17. The summed E-state index contributed by atoms with van der Waals surface area (Å²) >= 11 is 0. The van der Waals surface area contributed by atoms with Crippen molar-refractivity contribution in [3.63, 3.8) is 0 Å². The molecule has 1 aliphatic heterocycles. The Morgan fingerprint density at radius 1 is 1.18 bits per heavy atom. The first-order valence-electron chi connectivity index (χ1n) is 10.3. The van der Waals surface area contributed by atoms with E-state index in [0.29, 0.717) is 49.0 Å². The molecule has 1 heterocycles. The van der Waals surface area contributed by atoms with Gasteiger partial charge >= 0.3 is 0 Å². The summed E-state index contributed by atoms with van der Waals surface area (Å²) in [5, 5.41) is 10.3. The van der Waals surface area contributed by atoms with E-state index in [1.54, 1.807) is 42.5 Å². The molecular weight excluding hydrogens is 470 g/mol. The molecule has 1 atom stereocenters. The number of anilines is 2. The normalized spacial score (nSPS) is 15.9. The Bertz CT molecular complexity index is 1150. The van der Waals surface area contributed by atoms with Crippen molar-refractivity contribution >= 4 is 31.4 Å². The lowest BCUT2D eigenvalue weighted by atomic mass is 10.1. The molecule has 0 saturated heterocycles. The number of hydrogen-bond acceptors (Lipinski definition) is 8. The van der Waals surface area contributed by atoms with E-state index in [1.807, 2.05) is 11.9 Å². The number of likely N-dealkylation sites (N-methyl/N-ethyl adjacent to an activating group) is 1. The monoisotopic (exact) mass is 499 g/mol. The quantitative estimate of drug-likeness (QED) is 0.419. The predicted molar refractivity (Wildman–Crippen MR) is 127 cm³/mol. The second-order valence-electron chi connectivity index (χ2n) is 7.93. The zero-order chi connectivity index (χ0) is 24.1. The number of rotatable bonds is 11. The minimum Gasteiger partial charge on any atom is -0.492 e. The van der Waals surface area contributed by atoms with Gasteiger partial charge in [-0.25, -0.2) is 16.8 Å². The van der Waals surface area contributed by atoms with Gasteiger partial charge < -0.3 is 19.5 Å². The van der Waals surface area contributed by atoms with E-state index in [-0.39, 0.29) is 12.4 Å². The summed E-state index contributed by atoms with van der Waals surface area (Å²) in [4.78, 5) is 1.90. The molecule has 0 fully saturated rings. The summed E-state index contributed by atoms with van der Waals surface area (Å²) < 4.78 is 62.2. The van der Waals surface area contributed by atoms with E-state index in [4.69, 9.17) is 9.47 Å². The van der Waals surface area contributed by atoms with Crippen LogP contribution in [0.5, 0.6) is 11.5 Å². The van der Waals surface area contributed by atoms with Gasteiger partial charge in [0.05, 0.1) is 17.7 Å². The SMILES string of the molecule is CN(CCOc1ccc(NS(C)(=O)=O)cc1)CC(O)COc1cccc2c1CCS(=O)(=O)N2. The summed E-state index contributed by atoms with van der Waals surface area (Å²) in [5.41, 5.74) is 1.77. The van der Waals surface area contributed by atoms with Crippen molar-refractivity contribution in [3.05, 3.63) is 48.0 Å². The lowest BCUT2D eigenvalue weighted by molar-refractivity contribution is 0.0720. The van der Waals surface area contributed by atoms with Gasteiger partial charge in [-0.15, -0.1) is 0 Å². The second kappa shape index (κ2) is 10.6. The van der Waals surface area contributed by atoms with Crippen molar-refractivity contribution in [2.45, 2.75) is 12.5 Å². The molecule has 0 spiro atoms. The van der Waals surface area contributed by atoms with E-state index in [9.17, 15) is 21.9 Å². The first kappa shape index (κ1) is 25.1. The molecule has 1 unspecified atom stereocenters. The van der Waals surface area contributed by atoms with Crippen molar-refractivity contribution in [2.75, 3.05) is 54.8 Å². The van der Waals surface area contributed by atoms with Crippen LogP contribution < -0.4 is 18.9 Å². The maximum absolute atomic E-state index is 11.7. The van der Waals surface area contributed by atoms with E-state index >= 15 is 0 Å². The van der Waals surface area contributed by atoms with Gasteiger partial charge in [0.1, 0.15) is 30.8 Å². The van der Waals surface area contributed by atoms with Crippen molar-refractivity contribution in [1.29, 1.82) is 0 Å². The van der Waals surface area contributed by atoms with Gasteiger partial charge in [0, 0.05) is 24.3 Å². The Balaban J connectivity index is 1.40. The molecule has 0 aliphatic carbocycles. The summed E-state index contributed by atoms with van der Waals surface area (Å²) in [6, 6.07) is 11.8. The maximum Gasteiger partial charge on any atom is 0.233 e. The van der Waals surface area contributed by atoms with Gasteiger partial charge in [-0.1, -0.05) is 6.07 Å². The lowest BCUT2D eigenvalue weighted by Crippen LogP contribution is -2.35. The van der Waals surface area contributed by atoms with Gasteiger partial charge in [-0.05, 0) is 49.9 Å². The molecule has 0 aromatic heterocycles. The number of fused-ring (bicyclic) bond motifs is 1. The number of aliphatic hydroxyl groups excluding tert-OH is 1. The highest BCUT2D eigenvalue weighted by atomic mass is 32.2. The molecule has 33 heavy (non-hydrogen) atoms. The van der Waals surface area contributed by atoms with Crippen LogP contribution in [-0.2, 0) is 26.5 Å². The van der Waals surface area contributed by atoms with Crippen LogP contribution in [0.15, 0.2) is 42.5 Å². The number of aliphatic hydroxyl groups is 1. The molecule has 10 nitrogen and oxygen atoms in total. The number of nitrogens with zero attached hydrogens (tertiary/aromatic N) is 1. The Kier molecular flexibility index (Phi) is 8.05. The first-order chi connectivity index (χ1) is 15.5.